The summed E-state index contributed by atoms with van der Waals surface area (Å²) in [6.07, 6.45) is 4.03. The van der Waals surface area contributed by atoms with Crippen LogP contribution in [0.25, 0.3) is 27.8 Å². The van der Waals surface area contributed by atoms with E-state index in [-0.39, 0.29) is 0 Å². The van der Waals surface area contributed by atoms with Crippen LogP contribution in [0.1, 0.15) is 29.2 Å². The summed E-state index contributed by atoms with van der Waals surface area (Å²) in [6, 6.07) is 54.5. The number of aryl methyl sites for hydroxylation is 1. The van der Waals surface area contributed by atoms with Crippen molar-refractivity contribution in [1.82, 2.24) is 0 Å². The third-order valence-corrected chi connectivity index (χ3v) is 9.35. The fourth-order valence-electron chi connectivity index (χ4n) is 6.95. The van der Waals surface area contributed by atoms with E-state index in [0.29, 0.717) is 0 Å². The average molecular weight is 592 g/mol. The summed E-state index contributed by atoms with van der Waals surface area (Å²) < 4.78 is 0. The van der Waals surface area contributed by atoms with Gasteiger partial charge in [-0.1, -0.05) is 152 Å². The van der Waals surface area contributed by atoms with Crippen LogP contribution in [-0.4, -0.2) is 0 Å². The maximum absolute atomic E-state index is 4.64. The van der Waals surface area contributed by atoms with Crippen LogP contribution in [-0.2, 0) is 5.41 Å². The molecule has 1 nitrogen and oxygen atoms in total. The first-order valence-electron chi connectivity index (χ1n) is 15.8. The zero-order valence-corrected chi connectivity index (χ0v) is 26.4. The standard InChI is InChI=1S/C45H37N/c1-5-13-42-33(3)41-18-12-19-43(44(41)45(42,4)38-26-20-32(2)21-27-38)46(39-28-22-36(23-29-39)34-14-8-6-9-15-34)40-30-24-37(25-31-40)35-16-10-7-11-17-35/h5-31H,1,3H2,2,4H3/b42-13+. The monoisotopic (exact) mass is 591 g/mol. The molecule has 0 N–H and O–H groups in total. The maximum Gasteiger partial charge on any atom is 0.0512 e. The van der Waals surface area contributed by atoms with Crippen LogP contribution in [0, 0.1) is 6.92 Å². The van der Waals surface area contributed by atoms with Gasteiger partial charge in [-0.15, -0.1) is 0 Å². The van der Waals surface area contributed by atoms with Crippen molar-refractivity contribution in [3.8, 4) is 22.3 Å². The first kappa shape index (κ1) is 29.1. The van der Waals surface area contributed by atoms with Gasteiger partial charge in [-0.25, -0.2) is 0 Å². The van der Waals surface area contributed by atoms with Crippen LogP contribution >= 0.6 is 0 Å². The van der Waals surface area contributed by atoms with Gasteiger partial charge in [0.25, 0.3) is 0 Å². The Morgan fingerprint density at radius 3 is 1.57 bits per heavy atom. The fraction of sp³-hybridized carbons (Fsp3) is 0.0667. The largest absolute Gasteiger partial charge is 0.310 e. The molecule has 1 atom stereocenters. The van der Waals surface area contributed by atoms with Crippen LogP contribution < -0.4 is 4.90 Å². The number of rotatable bonds is 7. The SMILES string of the molecule is C=C/C=C1\C(=C)c2cccc(N(c3ccc(-c4ccccc4)cc3)c3ccc(-c4ccccc4)cc3)c2C1(C)c1ccc(C)cc1. The summed E-state index contributed by atoms with van der Waals surface area (Å²) in [5, 5.41) is 0. The number of nitrogens with zero attached hydrogens (tertiary/aromatic N) is 1. The van der Waals surface area contributed by atoms with Crippen molar-refractivity contribution in [2.45, 2.75) is 19.3 Å². The van der Waals surface area contributed by atoms with Gasteiger partial charge in [-0.05, 0) is 94.3 Å². The molecule has 0 aromatic heterocycles. The first-order valence-corrected chi connectivity index (χ1v) is 15.8. The van der Waals surface area contributed by atoms with Crippen LogP contribution in [0.5, 0.6) is 0 Å². The Balaban J connectivity index is 1.45. The highest BCUT2D eigenvalue weighted by molar-refractivity contribution is 5.96. The van der Waals surface area contributed by atoms with Crippen molar-refractivity contribution >= 4 is 22.6 Å². The van der Waals surface area contributed by atoms with Gasteiger partial charge in [-0.3, -0.25) is 0 Å². The Kier molecular flexibility index (Phi) is 7.60. The van der Waals surface area contributed by atoms with Crippen LogP contribution in [0.2, 0.25) is 0 Å². The molecule has 0 amide bonds. The fourth-order valence-corrected chi connectivity index (χ4v) is 6.95. The molecule has 0 spiro atoms. The normalized spacial score (nSPS) is 16.3. The Morgan fingerprint density at radius 2 is 1.07 bits per heavy atom. The molecule has 1 aliphatic rings. The lowest BCUT2D eigenvalue weighted by Crippen LogP contribution is -2.25. The summed E-state index contributed by atoms with van der Waals surface area (Å²) in [7, 11) is 0. The molecule has 0 bridgehead atoms. The van der Waals surface area contributed by atoms with E-state index in [9.17, 15) is 0 Å². The van der Waals surface area contributed by atoms with Gasteiger partial charge in [0.1, 0.15) is 0 Å². The molecule has 0 saturated heterocycles. The molecule has 7 rings (SSSR count). The second kappa shape index (κ2) is 12.0. The highest BCUT2D eigenvalue weighted by Gasteiger charge is 2.45. The minimum atomic E-state index is -0.433. The molecule has 0 radical (unpaired) electrons. The molecule has 0 aliphatic heterocycles. The lowest BCUT2D eigenvalue weighted by Gasteiger charge is -2.35. The Morgan fingerprint density at radius 1 is 0.565 bits per heavy atom. The van der Waals surface area contributed by atoms with E-state index in [1.807, 2.05) is 6.08 Å². The quantitative estimate of drug-likeness (QED) is 0.178. The average Bonchev–Trinajstić information content (AvgIpc) is 3.33. The molecule has 1 heteroatoms. The van der Waals surface area contributed by atoms with Crippen molar-refractivity contribution in [3.63, 3.8) is 0 Å². The first-order chi connectivity index (χ1) is 22.5. The minimum Gasteiger partial charge on any atom is -0.310 e. The van der Waals surface area contributed by atoms with Gasteiger partial charge in [0.05, 0.1) is 5.69 Å². The summed E-state index contributed by atoms with van der Waals surface area (Å²) in [6.45, 7) is 13.2. The van der Waals surface area contributed by atoms with Gasteiger partial charge in [-0.2, -0.15) is 0 Å². The van der Waals surface area contributed by atoms with Gasteiger partial charge in [0.15, 0.2) is 0 Å². The molecule has 0 heterocycles. The van der Waals surface area contributed by atoms with E-state index in [4.69, 9.17) is 0 Å². The smallest absolute Gasteiger partial charge is 0.0512 e. The predicted octanol–water partition coefficient (Wildman–Crippen LogP) is 12.2. The molecule has 1 unspecified atom stereocenters. The summed E-state index contributed by atoms with van der Waals surface area (Å²) in [4.78, 5) is 2.40. The van der Waals surface area contributed by atoms with E-state index in [0.717, 1.165) is 22.6 Å². The van der Waals surface area contributed by atoms with Crippen molar-refractivity contribution in [1.29, 1.82) is 0 Å². The molecule has 6 aromatic rings. The topological polar surface area (TPSA) is 3.24 Å². The van der Waals surface area contributed by atoms with E-state index < -0.39 is 5.41 Å². The van der Waals surface area contributed by atoms with Gasteiger partial charge in [0, 0.05) is 16.8 Å². The van der Waals surface area contributed by atoms with Gasteiger partial charge in [0.2, 0.25) is 0 Å². The predicted molar refractivity (Wildman–Crippen MR) is 197 cm³/mol. The lowest BCUT2D eigenvalue weighted by atomic mass is 9.73. The highest BCUT2D eigenvalue weighted by atomic mass is 15.1. The van der Waals surface area contributed by atoms with Crippen molar-refractivity contribution < 1.29 is 0 Å². The number of hydrogen-bond donors (Lipinski definition) is 0. The van der Waals surface area contributed by atoms with Crippen molar-refractivity contribution in [2.24, 2.45) is 0 Å². The Hall–Kier alpha value is -5.66. The van der Waals surface area contributed by atoms with E-state index in [2.05, 4.69) is 190 Å². The van der Waals surface area contributed by atoms with Gasteiger partial charge >= 0.3 is 0 Å². The minimum absolute atomic E-state index is 0.433. The van der Waals surface area contributed by atoms with Crippen molar-refractivity contribution in [3.05, 3.63) is 205 Å². The third-order valence-electron chi connectivity index (χ3n) is 9.35. The summed E-state index contributed by atoms with van der Waals surface area (Å²) >= 11 is 0. The number of fused-ring (bicyclic) bond motifs is 1. The Labute approximate surface area is 273 Å². The maximum atomic E-state index is 4.64. The molecular weight excluding hydrogens is 555 g/mol. The summed E-state index contributed by atoms with van der Waals surface area (Å²) in [5.74, 6) is 0. The van der Waals surface area contributed by atoms with Crippen molar-refractivity contribution in [2.75, 3.05) is 4.90 Å². The molecule has 0 fully saturated rings. The number of hydrogen-bond acceptors (Lipinski definition) is 1. The van der Waals surface area contributed by atoms with E-state index >= 15 is 0 Å². The lowest BCUT2D eigenvalue weighted by molar-refractivity contribution is 0.714. The molecule has 222 valence electrons. The van der Waals surface area contributed by atoms with Crippen LogP contribution in [0.15, 0.2) is 183 Å². The van der Waals surface area contributed by atoms with E-state index in [1.165, 1.54) is 50.1 Å². The number of anilines is 3. The molecule has 6 aromatic carbocycles. The van der Waals surface area contributed by atoms with Gasteiger partial charge < -0.3 is 4.90 Å². The van der Waals surface area contributed by atoms with E-state index in [1.54, 1.807) is 0 Å². The summed E-state index contributed by atoms with van der Waals surface area (Å²) in [5.41, 5.74) is 14.8. The number of allylic oxidation sites excluding steroid dienone is 4. The molecule has 1 aliphatic carbocycles. The number of benzene rings is 6. The zero-order valence-electron chi connectivity index (χ0n) is 26.4. The second-order valence-electron chi connectivity index (χ2n) is 12.1. The van der Waals surface area contributed by atoms with Crippen LogP contribution in [0.4, 0.5) is 17.1 Å². The highest BCUT2D eigenvalue weighted by Crippen LogP contribution is 2.57. The van der Waals surface area contributed by atoms with Crippen LogP contribution in [0.3, 0.4) is 0 Å². The zero-order chi connectivity index (χ0) is 31.7. The molecule has 0 saturated carbocycles. The molecule has 46 heavy (non-hydrogen) atoms. The Bertz CT molecular complexity index is 1970. The second-order valence-corrected chi connectivity index (χ2v) is 12.1. The molecular formula is C45H37N. The third kappa shape index (κ3) is 5.01.